The Morgan fingerprint density at radius 1 is 1.33 bits per heavy atom. The maximum atomic E-state index is 5.90. The number of ether oxygens (including phenoxy) is 1. The van der Waals surface area contributed by atoms with Crippen LogP contribution in [0.4, 0.5) is 0 Å². The Hall–Kier alpha value is -0.580. The van der Waals surface area contributed by atoms with Crippen LogP contribution in [0.2, 0.25) is 0 Å². The lowest BCUT2D eigenvalue weighted by atomic mass is 10.2. The summed E-state index contributed by atoms with van der Waals surface area (Å²) in [5.41, 5.74) is 1.20. The Labute approximate surface area is 119 Å². The van der Waals surface area contributed by atoms with E-state index >= 15 is 0 Å². The predicted molar refractivity (Wildman–Crippen MR) is 80.2 cm³/mol. The molecule has 0 saturated heterocycles. The van der Waals surface area contributed by atoms with Gasteiger partial charge in [0, 0.05) is 18.7 Å². The molecule has 0 fully saturated rings. The largest absolute Gasteiger partial charge is 0.492 e. The van der Waals surface area contributed by atoms with E-state index in [2.05, 4.69) is 53.2 Å². The molecule has 0 unspecified atom stereocenters. The van der Waals surface area contributed by atoms with Crippen LogP contribution in [0.3, 0.4) is 0 Å². The number of hydrogen-bond donors (Lipinski definition) is 1. The van der Waals surface area contributed by atoms with Crippen LogP contribution in [0.5, 0.6) is 5.75 Å². The molecular formula is C14H23BrN2O. The Morgan fingerprint density at radius 3 is 2.78 bits per heavy atom. The highest BCUT2D eigenvalue weighted by Gasteiger charge is 2.07. The van der Waals surface area contributed by atoms with Gasteiger partial charge < -0.3 is 15.0 Å². The molecule has 1 N–H and O–H groups in total. The molecule has 0 aliphatic rings. The van der Waals surface area contributed by atoms with Crippen molar-refractivity contribution in [1.29, 1.82) is 0 Å². The van der Waals surface area contributed by atoms with Crippen molar-refractivity contribution in [3.05, 3.63) is 28.2 Å². The fraction of sp³-hybridized carbons (Fsp3) is 0.571. The van der Waals surface area contributed by atoms with E-state index < -0.39 is 0 Å². The molecular weight excluding hydrogens is 292 g/mol. The standard InChI is InChI=1S/C14H23BrN2O/c1-4-16-11-12-7-5-8-13(15)14(12)18-10-6-9-17(2)3/h5,7-8,16H,4,6,9-11H2,1-3H3. The quantitative estimate of drug-likeness (QED) is 0.747. The third kappa shape index (κ3) is 5.38. The highest BCUT2D eigenvalue weighted by molar-refractivity contribution is 9.10. The van der Waals surface area contributed by atoms with Gasteiger partial charge in [-0.3, -0.25) is 0 Å². The van der Waals surface area contributed by atoms with Crippen molar-refractivity contribution in [2.45, 2.75) is 19.9 Å². The van der Waals surface area contributed by atoms with Gasteiger partial charge in [0.25, 0.3) is 0 Å². The SMILES string of the molecule is CCNCc1cccc(Br)c1OCCCN(C)C. The summed E-state index contributed by atoms with van der Waals surface area (Å²) >= 11 is 3.56. The molecule has 0 heterocycles. The highest BCUT2D eigenvalue weighted by atomic mass is 79.9. The van der Waals surface area contributed by atoms with Crippen molar-refractivity contribution < 1.29 is 4.74 Å². The zero-order valence-corrected chi connectivity index (χ0v) is 13.1. The fourth-order valence-electron chi connectivity index (χ4n) is 1.67. The number of para-hydroxylation sites is 1. The van der Waals surface area contributed by atoms with Gasteiger partial charge >= 0.3 is 0 Å². The van der Waals surface area contributed by atoms with Gasteiger partial charge in [0.1, 0.15) is 5.75 Å². The molecule has 1 aromatic rings. The molecule has 0 bridgehead atoms. The fourth-order valence-corrected chi connectivity index (χ4v) is 2.19. The van der Waals surface area contributed by atoms with Gasteiger partial charge in [-0.25, -0.2) is 0 Å². The third-order valence-electron chi connectivity index (χ3n) is 2.61. The lowest BCUT2D eigenvalue weighted by molar-refractivity contribution is 0.277. The molecule has 102 valence electrons. The number of nitrogens with zero attached hydrogens (tertiary/aromatic N) is 1. The van der Waals surface area contributed by atoms with Crippen LogP contribution in [-0.4, -0.2) is 38.7 Å². The first-order chi connectivity index (χ1) is 8.65. The number of hydrogen-bond acceptors (Lipinski definition) is 3. The molecule has 3 nitrogen and oxygen atoms in total. The van der Waals surface area contributed by atoms with Crippen LogP contribution in [0.1, 0.15) is 18.9 Å². The molecule has 4 heteroatoms. The smallest absolute Gasteiger partial charge is 0.137 e. The highest BCUT2D eigenvalue weighted by Crippen LogP contribution is 2.29. The molecule has 0 radical (unpaired) electrons. The van der Waals surface area contributed by atoms with E-state index in [-0.39, 0.29) is 0 Å². The van der Waals surface area contributed by atoms with E-state index in [1.165, 1.54) is 5.56 Å². The summed E-state index contributed by atoms with van der Waals surface area (Å²) in [5, 5.41) is 3.33. The lowest BCUT2D eigenvalue weighted by Gasteiger charge is -2.15. The third-order valence-corrected chi connectivity index (χ3v) is 3.23. The summed E-state index contributed by atoms with van der Waals surface area (Å²) in [7, 11) is 4.16. The predicted octanol–water partition coefficient (Wildman–Crippen LogP) is 2.89. The minimum Gasteiger partial charge on any atom is -0.492 e. The first-order valence-electron chi connectivity index (χ1n) is 6.40. The molecule has 18 heavy (non-hydrogen) atoms. The summed E-state index contributed by atoms with van der Waals surface area (Å²) in [6, 6.07) is 6.18. The van der Waals surface area contributed by atoms with Gasteiger partial charge in [-0.15, -0.1) is 0 Å². The van der Waals surface area contributed by atoms with Crippen molar-refractivity contribution in [3.8, 4) is 5.75 Å². The van der Waals surface area contributed by atoms with Crippen LogP contribution >= 0.6 is 15.9 Å². The minimum absolute atomic E-state index is 0.750. The van der Waals surface area contributed by atoms with Gasteiger partial charge in [-0.05, 0) is 49.1 Å². The monoisotopic (exact) mass is 314 g/mol. The Bertz CT molecular complexity index is 356. The summed E-state index contributed by atoms with van der Waals surface area (Å²) < 4.78 is 6.93. The van der Waals surface area contributed by atoms with Crippen molar-refractivity contribution in [3.63, 3.8) is 0 Å². The molecule has 0 aliphatic heterocycles. The molecule has 1 rings (SSSR count). The molecule has 0 aromatic heterocycles. The van der Waals surface area contributed by atoms with E-state index in [1.54, 1.807) is 0 Å². The summed E-state index contributed by atoms with van der Waals surface area (Å²) in [6.45, 7) is 5.72. The van der Waals surface area contributed by atoms with Crippen LogP contribution < -0.4 is 10.1 Å². The van der Waals surface area contributed by atoms with Crippen molar-refractivity contribution >= 4 is 15.9 Å². The number of halogens is 1. The maximum absolute atomic E-state index is 5.90. The van der Waals surface area contributed by atoms with Gasteiger partial charge in [-0.1, -0.05) is 19.1 Å². The zero-order valence-electron chi connectivity index (χ0n) is 11.5. The maximum Gasteiger partial charge on any atom is 0.137 e. The number of nitrogens with one attached hydrogen (secondary N) is 1. The second-order valence-electron chi connectivity index (χ2n) is 4.51. The Morgan fingerprint density at radius 2 is 2.11 bits per heavy atom. The Kier molecular flexibility index (Phi) is 7.32. The van der Waals surface area contributed by atoms with E-state index in [0.29, 0.717) is 0 Å². The summed E-state index contributed by atoms with van der Waals surface area (Å²) in [6.07, 6.45) is 1.04. The van der Waals surface area contributed by atoms with Gasteiger partial charge in [0.15, 0.2) is 0 Å². The summed E-state index contributed by atoms with van der Waals surface area (Å²) in [5.74, 6) is 0.970. The van der Waals surface area contributed by atoms with Crippen molar-refractivity contribution in [2.75, 3.05) is 33.8 Å². The second-order valence-corrected chi connectivity index (χ2v) is 5.37. The first kappa shape index (κ1) is 15.5. The molecule has 0 atom stereocenters. The topological polar surface area (TPSA) is 24.5 Å². The molecule has 1 aromatic carbocycles. The molecule has 0 saturated carbocycles. The minimum atomic E-state index is 0.750. The number of rotatable bonds is 8. The molecule has 0 aliphatic carbocycles. The normalized spacial score (nSPS) is 10.9. The second kappa shape index (κ2) is 8.51. The van der Waals surface area contributed by atoms with Crippen LogP contribution in [0.15, 0.2) is 22.7 Å². The lowest BCUT2D eigenvalue weighted by Crippen LogP contribution is -2.16. The Balaban J connectivity index is 2.56. The van der Waals surface area contributed by atoms with Crippen molar-refractivity contribution in [1.82, 2.24) is 10.2 Å². The van der Waals surface area contributed by atoms with Crippen molar-refractivity contribution in [2.24, 2.45) is 0 Å². The van der Waals surface area contributed by atoms with E-state index in [0.717, 1.165) is 42.9 Å². The van der Waals surface area contributed by atoms with E-state index in [9.17, 15) is 0 Å². The number of benzene rings is 1. The van der Waals surface area contributed by atoms with Gasteiger partial charge in [0.2, 0.25) is 0 Å². The average Bonchev–Trinajstić information content (AvgIpc) is 2.33. The van der Waals surface area contributed by atoms with E-state index in [4.69, 9.17) is 4.74 Å². The van der Waals surface area contributed by atoms with E-state index in [1.807, 2.05) is 12.1 Å². The molecule has 0 spiro atoms. The summed E-state index contributed by atoms with van der Waals surface area (Å²) in [4.78, 5) is 2.17. The average molecular weight is 315 g/mol. The first-order valence-corrected chi connectivity index (χ1v) is 7.20. The van der Waals surface area contributed by atoms with Gasteiger partial charge in [0.05, 0.1) is 11.1 Å². The van der Waals surface area contributed by atoms with Crippen LogP contribution in [-0.2, 0) is 6.54 Å². The van der Waals surface area contributed by atoms with Crippen LogP contribution in [0, 0.1) is 0 Å². The van der Waals surface area contributed by atoms with Gasteiger partial charge in [-0.2, -0.15) is 0 Å². The van der Waals surface area contributed by atoms with Crippen LogP contribution in [0.25, 0.3) is 0 Å². The molecule has 0 amide bonds. The zero-order chi connectivity index (χ0) is 13.4.